The minimum Gasteiger partial charge on any atom is -0.388 e. The molecule has 5 aliphatic rings. The zero-order chi connectivity index (χ0) is 22.6. The number of nitrogens with zero attached hydrogens (tertiary/aromatic N) is 1. The highest BCUT2D eigenvalue weighted by atomic mass is 31.1. The zero-order valence-corrected chi connectivity index (χ0v) is 20.2. The Morgan fingerprint density at radius 2 is 2.00 bits per heavy atom. The van der Waals surface area contributed by atoms with E-state index < -0.39 is 12.2 Å². The second-order valence-corrected chi connectivity index (χ2v) is 13.7. The molecule has 4 N–H and O–H groups in total. The number of hydrogen-bond acceptors (Lipinski definition) is 4. The number of aliphatic hydroxyl groups is 2. The molecule has 9 atom stereocenters. The molecule has 3 aliphatic carbocycles. The summed E-state index contributed by atoms with van der Waals surface area (Å²) in [5.41, 5.74) is 10.6. The number of aliphatic hydroxyl groups excluding tert-OH is 2. The third-order valence-electron chi connectivity index (χ3n) is 10.2. The van der Waals surface area contributed by atoms with Crippen LogP contribution in [0, 0.1) is 11.3 Å². The van der Waals surface area contributed by atoms with Gasteiger partial charge in [-0.15, -0.1) is 0 Å². The number of pyridine rings is 1. The largest absolute Gasteiger partial charge is 0.388 e. The molecule has 2 spiro atoms. The molecule has 4 nitrogen and oxygen atoms in total. The lowest BCUT2D eigenvalue weighted by atomic mass is 9.59. The molecule has 2 aromatic rings. The summed E-state index contributed by atoms with van der Waals surface area (Å²) in [5.74, 6) is 1.22. The molecule has 2 bridgehead atoms. The van der Waals surface area contributed by atoms with E-state index in [0.29, 0.717) is 11.8 Å². The summed E-state index contributed by atoms with van der Waals surface area (Å²) in [5, 5.41) is 24.2. The van der Waals surface area contributed by atoms with Gasteiger partial charge in [0.1, 0.15) is 6.10 Å². The van der Waals surface area contributed by atoms with Crippen LogP contribution < -0.4 is 5.73 Å². The number of rotatable bonds is 1. The average molecular weight is 461 g/mol. The molecule has 1 aromatic heterocycles. The highest BCUT2D eigenvalue weighted by Crippen LogP contribution is 2.77. The molecule has 0 radical (unpaired) electrons. The van der Waals surface area contributed by atoms with Crippen molar-refractivity contribution in [2.45, 2.75) is 79.9 Å². The second-order valence-electron chi connectivity index (χ2n) is 11.6. The van der Waals surface area contributed by atoms with Crippen molar-refractivity contribution in [3.05, 3.63) is 65.5 Å². The average Bonchev–Trinajstić information content (AvgIpc) is 3.33. The van der Waals surface area contributed by atoms with Gasteiger partial charge in [0.05, 0.1) is 6.10 Å². The monoisotopic (exact) mass is 460 g/mol. The van der Waals surface area contributed by atoms with Crippen molar-refractivity contribution in [2.24, 2.45) is 17.1 Å². The van der Waals surface area contributed by atoms with Gasteiger partial charge in [-0.1, -0.05) is 39.8 Å². The molecule has 2 saturated carbocycles. The predicted molar refractivity (Wildman–Crippen MR) is 134 cm³/mol. The van der Waals surface area contributed by atoms with E-state index >= 15 is 0 Å². The topological polar surface area (TPSA) is 79.4 Å². The summed E-state index contributed by atoms with van der Waals surface area (Å²) in [6, 6.07) is 8.77. The molecule has 1 aromatic carbocycles. The first-order valence-electron chi connectivity index (χ1n) is 12.5. The maximum atomic E-state index is 10.9. The summed E-state index contributed by atoms with van der Waals surface area (Å²) < 4.78 is 0. The predicted octanol–water partition coefficient (Wildman–Crippen LogP) is 4.41. The lowest BCUT2D eigenvalue weighted by Gasteiger charge is -2.55. The number of hydrogen-bond donors (Lipinski definition) is 3. The second kappa shape index (κ2) is 6.76. The highest BCUT2D eigenvalue weighted by Gasteiger charge is 2.66. The summed E-state index contributed by atoms with van der Waals surface area (Å²) in [7, 11) is 0.767. The van der Waals surface area contributed by atoms with Crippen LogP contribution in [0.2, 0.25) is 0 Å². The van der Waals surface area contributed by atoms with Crippen molar-refractivity contribution in [2.75, 3.05) is 0 Å². The van der Waals surface area contributed by atoms with Crippen LogP contribution in [-0.4, -0.2) is 43.8 Å². The van der Waals surface area contributed by atoms with Gasteiger partial charge in [-0.2, -0.15) is 0 Å². The Morgan fingerprint density at radius 3 is 2.88 bits per heavy atom. The Kier molecular flexibility index (Phi) is 4.25. The first-order valence-corrected chi connectivity index (χ1v) is 13.5. The van der Waals surface area contributed by atoms with E-state index in [1.165, 1.54) is 41.2 Å². The van der Waals surface area contributed by atoms with Gasteiger partial charge >= 0.3 is 0 Å². The van der Waals surface area contributed by atoms with Crippen LogP contribution in [0.15, 0.2) is 60.0 Å². The number of allylic oxidation sites excluding steroid dienone is 3. The smallest absolute Gasteiger partial charge is 0.104 e. The molecule has 3 heterocycles. The summed E-state index contributed by atoms with van der Waals surface area (Å²) >= 11 is 0. The van der Waals surface area contributed by atoms with Crippen LogP contribution in [0.5, 0.6) is 0 Å². The van der Waals surface area contributed by atoms with Crippen LogP contribution in [0.25, 0.3) is 10.8 Å². The molecule has 3 fully saturated rings. The Hall–Kier alpha value is -1.58. The van der Waals surface area contributed by atoms with Gasteiger partial charge in [-0.05, 0) is 90.0 Å². The Morgan fingerprint density at radius 1 is 1.12 bits per heavy atom. The molecular formula is C28H33N2O2P. The standard InChI is InChI=1S/C28H33N2O2P/c1-26-8-6-19-13-21-24(31)25(32)22(29)14-27(21)9-10-28(19,33-27)23(26)5-4-20(26)17-3-2-16-7-11-30-15-18(16)12-17/h2-3,6-7,11-13,15,20,22-25,31-33H,4-5,8-10,14,29H2,1H3/t20-,22+,23-,24-,25-,26?,27-,28-/m1/s1. The molecule has 7 rings (SSSR count). The third-order valence-corrected chi connectivity index (χ3v) is 12.8. The van der Waals surface area contributed by atoms with Crippen molar-refractivity contribution < 1.29 is 10.2 Å². The van der Waals surface area contributed by atoms with Gasteiger partial charge in [-0.25, -0.2) is 0 Å². The van der Waals surface area contributed by atoms with Gasteiger partial charge < -0.3 is 15.9 Å². The minimum absolute atomic E-state index is 0.000356. The van der Waals surface area contributed by atoms with Crippen LogP contribution >= 0.6 is 8.58 Å². The first-order chi connectivity index (χ1) is 15.9. The van der Waals surface area contributed by atoms with Crippen molar-refractivity contribution in [1.82, 2.24) is 4.98 Å². The van der Waals surface area contributed by atoms with Gasteiger partial charge in [0, 0.05) is 34.1 Å². The SMILES string of the molecule is CC12CC=C3C=C4[C@@H](O)[C@H](O)[C@@H](N)C[C@]45CC[C@]3(P5)[C@@H]1CC[C@@H]2c1ccc2ccncc2c1. The Balaban J connectivity index is 1.31. The summed E-state index contributed by atoms with van der Waals surface area (Å²) in [6.07, 6.45) is 13.7. The van der Waals surface area contributed by atoms with Crippen molar-refractivity contribution in [3.8, 4) is 0 Å². The van der Waals surface area contributed by atoms with Crippen LogP contribution in [0.3, 0.4) is 0 Å². The summed E-state index contributed by atoms with van der Waals surface area (Å²) in [4.78, 5) is 4.36. The molecule has 1 saturated heterocycles. The molecule has 33 heavy (non-hydrogen) atoms. The highest BCUT2D eigenvalue weighted by molar-refractivity contribution is 7.43. The molecule has 0 amide bonds. The van der Waals surface area contributed by atoms with E-state index in [0.717, 1.165) is 33.4 Å². The fourth-order valence-corrected chi connectivity index (χ4v) is 11.7. The number of nitrogens with two attached hydrogens (primary N) is 1. The molecule has 2 unspecified atom stereocenters. The molecular weight excluding hydrogens is 427 g/mol. The van der Waals surface area contributed by atoms with Crippen molar-refractivity contribution >= 4 is 19.4 Å². The van der Waals surface area contributed by atoms with E-state index in [2.05, 4.69) is 48.3 Å². The fourth-order valence-electron chi connectivity index (χ4n) is 8.64. The van der Waals surface area contributed by atoms with Crippen molar-refractivity contribution in [3.63, 3.8) is 0 Å². The quantitative estimate of drug-likeness (QED) is 0.551. The number of benzene rings is 1. The van der Waals surface area contributed by atoms with Gasteiger partial charge in [0.25, 0.3) is 0 Å². The Labute approximate surface area is 197 Å². The molecule has 2 aliphatic heterocycles. The molecule has 172 valence electrons. The van der Waals surface area contributed by atoms with Crippen molar-refractivity contribution in [1.29, 1.82) is 0 Å². The number of fused-ring (bicyclic) bond motifs is 2. The van der Waals surface area contributed by atoms with Crippen LogP contribution in [0.4, 0.5) is 0 Å². The lowest BCUT2D eigenvalue weighted by molar-refractivity contribution is 0.00122. The first kappa shape index (κ1) is 20.8. The van der Waals surface area contributed by atoms with E-state index in [-0.39, 0.29) is 21.8 Å². The van der Waals surface area contributed by atoms with E-state index in [9.17, 15) is 10.2 Å². The van der Waals surface area contributed by atoms with E-state index in [4.69, 9.17) is 5.73 Å². The number of aromatic nitrogens is 1. The van der Waals surface area contributed by atoms with Crippen LogP contribution in [0.1, 0.15) is 56.9 Å². The Bertz CT molecular complexity index is 1230. The van der Waals surface area contributed by atoms with E-state index in [1.54, 1.807) is 0 Å². The maximum Gasteiger partial charge on any atom is 0.104 e. The fraction of sp³-hybridized carbons (Fsp3) is 0.536. The summed E-state index contributed by atoms with van der Waals surface area (Å²) in [6.45, 7) is 2.55. The van der Waals surface area contributed by atoms with E-state index in [1.807, 2.05) is 12.4 Å². The van der Waals surface area contributed by atoms with Gasteiger partial charge in [-0.3, -0.25) is 4.98 Å². The lowest BCUT2D eigenvalue weighted by Crippen LogP contribution is -2.57. The zero-order valence-electron chi connectivity index (χ0n) is 19.2. The normalized spacial score (nSPS) is 46.5. The minimum atomic E-state index is -0.840. The van der Waals surface area contributed by atoms with Crippen LogP contribution in [-0.2, 0) is 0 Å². The van der Waals surface area contributed by atoms with Gasteiger partial charge in [0.15, 0.2) is 0 Å². The maximum absolute atomic E-state index is 10.9. The van der Waals surface area contributed by atoms with Gasteiger partial charge in [0.2, 0.25) is 0 Å². The molecule has 5 heteroatoms. The third kappa shape index (κ3) is 2.59.